The maximum atomic E-state index is 3.73. The first-order valence-corrected chi connectivity index (χ1v) is 8.79. The standard InChI is InChI=1S/C17H20BrNS/c1-11-7-17(20-12(11)2)10-19-16-6-4-13-8-15(18)5-3-14(13)9-16/h3,5,7-8,16,19H,4,6,9-10H2,1-2H3. The van der Waals surface area contributed by atoms with Crippen LogP contribution in [0.15, 0.2) is 28.7 Å². The Morgan fingerprint density at radius 1 is 1.25 bits per heavy atom. The van der Waals surface area contributed by atoms with E-state index in [0.29, 0.717) is 6.04 Å². The zero-order chi connectivity index (χ0) is 14.1. The Bertz CT molecular complexity index is 598. The van der Waals surface area contributed by atoms with Crippen LogP contribution in [0, 0.1) is 13.8 Å². The Morgan fingerprint density at radius 3 is 2.85 bits per heavy atom. The molecule has 3 rings (SSSR count). The van der Waals surface area contributed by atoms with Gasteiger partial charge in [0.05, 0.1) is 0 Å². The van der Waals surface area contributed by atoms with Gasteiger partial charge >= 0.3 is 0 Å². The van der Waals surface area contributed by atoms with Crippen molar-refractivity contribution in [3.8, 4) is 0 Å². The lowest BCUT2D eigenvalue weighted by Crippen LogP contribution is -2.33. The highest BCUT2D eigenvalue weighted by atomic mass is 79.9. The third-order valence-corrected chi connectivity index (χ3v) is 5.82. The monoisotopic (exact) mass is 349 g/mol. The largest absolute Gasteiger partial charge is 0.309 e. The van der Waals surface area contributed by atoms with E-state index in [2.05, 4.69) is 59.4 Å². The number of fused-ring (bicyclic) bond motifs is 1. The van der Waals surface area contributed by atoms with Gasteiger partial charge < -0.3 is 5.32 Å². The van der Waals surface area contributed by atoms with Gasteiger partial charge in [0, 0.05) is 26.8 Å². The van der Waals surface area contributed by atoms with Gasteiger partial charge in [0.15, 0.2) is 0 Å². The van der Waals surface area contributed by atoms with Gasteiger partial charge in [-0.15, -0.1) is 11.3 Å². The second-order valence-corrected chi connectivity index (χ2v) is 7.94. The fourth-order valence-corrected chi connectivity index (χ4v) is 4.29. The Balaban J connectivity index is 1.61. The quantitative estimate of drug-likeness (QED) is 0.840. The SMILES string of the molecule is Cc1cc(CNC2CCc3cc(Br)ccc3C2)sc1C. The summed E-state index contributed by atoms with van der Waals surface area (Å²) < 4.78 is 1.20. The zero-order valence-corrected chi connectivity index (χ0v) is 14.4. The molecular formula is C17H20BrNS. The first-order valence-electron chi connectivity index (χ1n) is 7.18. The van der Waals surface area contributed by atoms with Crippen LogP contribution in [0.4, 0.5) is 0 Å². The van der Waals surface area contributed by atoms with Gasteiger partial charge in [-0.1, -0.05) is 22.0 Å². The van der Waals surface area contributed by atoms with Gasteiger partial charge in [0.25, 0.3) is 0 Å². The van der Waals surface area contributed by atoms with E-state index < -0.39 is 0 Å². The number of rotatable bonds is 3. The molecule has 0 bridgehead atoms. The van der Waals surface area contributed by atoms with Crippen LogP contribution in [0.2, 0.25) is 0 Å². The van der Waals surface area contributed by atoms with Crippen LogP contribution >= 0.6 is 27.3 Å². The number of thiophene rings is 1. The minimum atomic E-state index is 0.617. The van der Waals surface area contributed by atoms with Crippen LogP contribution in [-0.2, 0) is 19.4 Å². The van der Waals surface area contributed by atoms with Crippen LogP contribution in [0.25, 0.3) is 0 Å². The maximum absolute atomic E-state index is 3.73. The Labute approximate surface area is 133 Å². The Hall–Kier alpha value is -0.640. The van der Waals surface area contributed by atoms with E-state index >= 15 is 0 Å². The van der Waals surface area contributed by atoms with Gasteiger partial charge in [-0.05, 0) is 68.0 Å². The number of hydrogen-bond donors (Lipinski definition) is 1. The predicted octanol–water partition coefficient (Wildman–Crippen LogP) is 4.77. The number of aryl methyl sites for hydroxylation is 3. The molecule has 0 radical (unpaired) electrons. The molecule has 1 aromatic heterocycles. The van der Waals surface area contributed by atoms with Crippen molar-refractivity contribution in [2.24, 2.45) is 0 Å². The molecule has 0 saturated carbocycles. The van der Waals surface area contributed by atoms with E-state index in [4.69, 9.17) is 0 Å². The maximum Gasteiger partial charge on any atom is 0.0302 e. The van der Waals surface area contributed by atoms with Crippen molar-refractivity contribution in [3.05, 3.63) is 55.2 Å². The minimum absolute atomic E-state index is 0.617. The lowest BCUT2D eigenvalue weighted by Gasteiger charge is -2.25. The molecule has 1 heterocycles. The van der Waals surface area contributed by atoms with Crippen molar-refractivity contribution in [1.29, 1.82) is 0 Å². The highest BCUT2D eigenvalue weighted by Gasteiger charge is 2.18. The van der Waals surface area contributed by atoms with Crippen LogP contribution in [0.5, 0.6) is 0 Å². The van der Waals surface area contributed by atoms with Gasteiger partial charge in [-0.25, -0.2) is 0 Å². The average Bonchev–Trinajstić information content (AvgIpc) is 2.75. The molecule has 0 saturated heterocycles. The molecule has 3 heteroatoms. The van der Waals surface area contributed by atoms with Crippen LogP contribution in [0.1, 0.15) is 32.9 Å². The predicted molar refractivity (Wildman–Crippen MR) is 90.6 cm³/mol. The molecule has 0 aliphatic heterocycles. The molecule has 1 unspecified atom stereocenters. The molecule has 1 atom stereocenters. The van der Waals surface area contributed by atoms with E-state index in [-0.39, 0.29) is 0 Å². The Kier molecular flexibility index (Phi) is 4.29. The highest BCUT2D eigenvalue weighted by Crippen LogP contribution is 2.26. The summed E-state index contributed by atoms with van der Waals surface area (Å²) in [5.41, 5.74) is 4.45. The molecule has 1 aromatic carbocycles. The average molecular weight is 350 g/mol. The second kappa shape index (κ2) is 6.00. The summed E-state index contributed by atoms with van der Waals surface area (Å²) in [5.74, 6) is 0. The van der Waals surface area contributed by atoms with Crippen LogP contribution in [0.3, 0.4) is 0 Å². The van der Waals surface area contributed by atoms with Crippen molar-refractivity contribution < 1.29 is 0 Å². The summed E-state index contributed by atoms with van der Waals surface area (Å²) in [6.45, 7) is 5.41. The summed E-state index contributed by atoms with van der Waals surface area (Å²) in [6, 6.07) is 9.64. The van der Waals surface area contributed by atoms with Gasteiger partial charge in [0.2, 0.25) is 0 Å². The number of halogens is 1. The molecule has 1 aliphatic rings. The number of nitrogens with one attached hydrogen (secondary N) is 1. The molecule has 0 amide bonds. The molecule has 0 spiro atoms. The van der Waals surface area contributed by atoms with E-state index in [0.717, 1.165) is 13.0 Å². The molecule has 1 aliphatic carbocycles. The normalized spacial score (nSPS) is 18.1. The lowest BCUT2D eigenvalue weighted by atomic mass is 9.88. The van der Waals surface area contributed by atoms with Gasteiger partial charge in [-0.2, -0.15) is 0 Å². The molecule has 2 aromatic rings. The first kappa shape index (κ1) is 14.3. The lowest BCUT2D eigenvalue weighted by molar-refractivity contribution is 0.459. The van der Waals surface area contributed by atoms with Crippen molar-refractivity contribution in [2.75, 3.05) is 0 Å². The summed E-state index contributed by atoms with van der Waals surface area (Å²) >= 11 is 5.48. The van der Waals surface area contributed by atoms with E-state index in [1.807, 2.05) is 11.3 Å². The Morgan fingerprint density at radius 2 is 2.10 bits per heavy atom. The van der Waals surface area contributed by atoms with E-state index in [1.165, 1.54) is 43.8 Å². The fraction of sp³-hybridized carbons (Fsp3) is 0.412. The van der Waals surface area contributed by atoms with Crippen molar-refractivity contribution in [3.63, 3.8) is 0 Å². The van der Waals surface area contributed by atoms with E-state index in [1.54, 1.807) is 0 Å². The van der Waals surface area contributed by atoms with Crippen LogP contribution < -0.4 is 5.32 Å². The number of hydrogen-bond acceptors (Lipinski definition) is 2. The molecular weight excluding hydrogens is 330 g/mol. The van der Waals surface area contributed by atoms with Crippen LogP contribution in [-0.4, -0.2) is 6.04 Å². The smallest absolute Gasteiger partial charge is 0.0302 e. The van der Waals surface area contributed by atoms with Crippen molar-refractivity contribution >= 4 is 27.3 Å². The third-order valence-electron chi connectivity index (χ3n) is 4.18. The molecule has 1 nitrogen and oxygen atoms in total. The topological polar surface area (TPSA) is 12.0 Å². The fourth-order valence-electron chi connectivity index (χ4n) is 2.88. The summed E-state index contributed by atoms with van der Waals surface area (Å²) in [4.78, 5) is 2.90. The minimum Gasteiger partial charge on any atom is -0.309 e. The van der Waals surface area contributed by atoms with Crippen molar-refractivity contribution in [2.45, 2.75) is 45.7 Å². The first-order chi connectivity index (χ1) is 9.61. The zero-order valence-electron chi connectivity index (χ0n) is 12.0. The molecule has 1 N–H and O–H groups in total. The van der Waals surface area contributed by atoms with E-state index in [9.17, 15) is 0 Å². The van der Waals surface area contributed by atoms with Crippen molar-refractivity contribution in [1.82, 2.24) is 5.32 Å². The third kappa shape index (κ3) is 3.16. The molecule has 20 heavy (non-hydrogen) atoms. The van der Waals surface area contributed by atoms with Gasteiger partial charge in [0.1, 0.15) is 0 Å². The number of benzene rings is 1. The molecule has 106 valence electrons. The highest BCUT2D eigenvalue weighted by molar-refractivity contribution is 9.10. The molecule has 0 fully saturated rings. The van der Waals surface area contributed by atoms with Gasteiger partial charge in [-0.3, -0.25) is 0 Å². The summed E-state index contributed by atoms with van der Waals surface area (Å²) in [7, 11) is 0. The second-order valence-electron chi connectivity index (χ2n) is 5.69. The summed E-state index contributed by atoms with van der Waals surface area (Å²) in [6.07, 6.45) is 3.59. The summed E-state index contributed by atoms with van der Waals surface area (Å²) in [5, 5.41) is 3.73.